The Kier molecular flexibility index (Phi) is 2.72. The number of rotatable bonds is 1. The largest absolute Gasteiger partial charge is 0.508 e. The maximum absolute atomic E-state index is 12.0. The maximum atomic E-state index is 12.0. The second-order valence-corrected chi connectivity index (χ2v) is 4.50. The summed E-state index contributed by atoms with van der Waals surface area (Å²) in [7, 11) is 0. The molecule has 0 saturated carbocycles. The fourth-order valence-corrected chi connectivity index (χ4v) is 2.14. The lowest BCUT2D eigenvalue weighted by atomic mass is 10.0. The molecule has 0 aliphatic heterocycles. The summed E-state index contributed by atoms with van der Waals surface area (Å²) in [5, 5.41) is 39.1. The highest BCUT2D eigenvalue weighted by Crippen LogP contribution is 2.39. The molecule has 1 heterocycles. The van der Waals surface area contributed by atoms with E-state index in [0.29, 0.717) is 0 Å². The minimum absolute atomic E-state index is 0.0634. The van der Waals surface area contributed by atoms with Crippen molar-refractivity contribution in [1.82, 2.24) is 0 Å². The molecule has 4 N–H and O–H groups in total. The van der Waals surface area contributed by atoms with E-state index in [1.54, 1.807) is 0 Å². The highest BCUT2D eigenvalue weighted by molar-refractivity contribution is 5.92. The molecule has 3 rings (SSSR count). The Balaban J connectivity index is 2.42. The van der Waals surface area contributed by atoms with Crippen molar-refractivity contribution in [3.05, 3.63) is 46.8 Å². The van der Waals surface area contributed by atoms with Gasteiger partial charge in [-0.2, -0.15) is 0 Å². The Morgan fingerprint density at radius 1 is 0.857 bits per heavy atom. The molecule has 0 aliphatic rings. The van der Waals surface area contributed by atoms with Crippen molar-refractivity contribution in [2.24, 2.45) is 0 Å². The van der Waals surface area contributed by atoms with E-state index in [1.807, 2.05) is 0 Å². The summed E-state index contributed by atoms with van der Waals surface area (Å²) < 4.78 is 5.06. The van der Waals surface area contributed by atoms with Gasteiger partial charge in [-0.1, -0.05) is 0 Å². The van der Waals surface area contributed by atoms with E-state index >= 15 is 0 Å². The SMILES string of the molecule is O=c1oc2ccc(O)cc2c(O)c1-c1cc(O)ccc1O. The Labute approximate surface area is 117 Å². The normalized spacial score (nSPS) is 10.9. The molecule has 0 radical (unpaired) electrons. The van der Waals surface area contributed by atoms with Crippen LogP contribution >= 0.6 is 0 Å². The highest BCUT2D eigenvalue weighted by atomic mass is 16.4. The topological polar surface area (TPSA) is 111 Å². The van der Waals surface area contributed by atoms with Crippen LogP contribution in [0.5, 0.6) is 23.0 Å². The van der Waals surface area contributed by atoms with E-state index in [1.165, 1.54) is 30.3 Å². The zero-order valence-corrected chi connectivity index (χ0v) is 10.6. The van der Waals surface area contributed by atoms with Crippen molar-refractivity contribution in [1.29, 1.82) is 0 Å². The third kappa shape index (κ3) is 2.02. The van der Waals surface area contributed by atoms with E-state index in [0.717, 1.165) is 6.07 Å². The lowest BCUT2D eigenvalue weighted by Gasteiger charge is -2.08. The summed E-state index contributed by atoms with van der Waals surface area (Å²) in [4.78, 5) is 12.0. The Hall–Kier alpha value is -3.15. The third-order valence-corrected chi connectivity index (χ3v) is 3.11. The smallest absolute Gasteiger partial charge is 0.348 e. The molecular formula is C15H10O6. The molecule has 0 atom stereocenters. The first kappa shape index (κ1) is 12.9. The van der Waals surface area contributed by atoms with Crippen molar-refractivity contribution in [2.45, 2.75) is 0 Å². The predicted octanol–water partition coefficient (Wildman–Crippen LogP) is 2.28. The molecule has 0 amide bonds. The first-order chi connectivity index (χ1) is 9.97. The van der Waals surface area contributed by atoms with Crippen molar-refractivity contribution in [2.75, 3.05) is 0 Å². The van der Waals surface area contributed by atoms with E-state index in [-0.39, 0.29) is 39.3 Å². The summed E-state index contributed by atoms with van der Waals surface area (Å²) in [6.07, 6.45) is 0. The third-order valence-electron chi connectivity index (χ3n) is 3.11. The van der Waals surface area contributed by atoms with E-state index in [2.05, 4.69) is 0 Å². The van der Waals surface area contributed by atoms with E-state index in [4.69, 9.17) is 4.42 Å². The zero-order chi connectivity index (χ0) is 15.1. The van der Waals surface area contributed by atoms with Gasteiger partial charge in [0.05, 0.1) is 5.39 Å². The summed E-state index contributed by atoms with van der Waals surface area (Å²) >= 11 is 0. The molecule has 6 nitrogen and oxygen atoms in total. The average molecular weight is 286 g/mol. The van der Waals surface area contributed by atoms with Gasteiger partial charge in [0.15, 0.2) is 0 Å². The van der Waals surface area contributed by atoms with Crippen molar-refractivity contribution >= 4 is 11.0 Å². The fourth-order valence-electron chi connectivity index (χ4n) is 2.14. The standard InChI is InChI=1S/C15H10O6/c16-7-1-3-11(18)9(5-7)13-14(19)10-6-8(17)2-4-12(10)21-15(13)20/h1-6,16-19H. The van der Waals surface area contributed by atoms with Gasteiger partial charge in [-0.3, -0.25) is 0 Å². The quantitative estimate of drug-likeness (QED) is 0.403. The first-order valence-corrected chi connectivity index (χ1v) is 5.98. The number of aromatic hydroxyl groups is 4. The summed E-state index contributed by atoms with van der Waals surface area (Å²) in [6, 6.07) is 7.46. The van der Waals surface area contributed by atoms with Crippen LogP contribution in [0.15, 0.2) is 45.6 Å². The van der Waals surface area contributed by atoms with Gasteiger partial charge in [0, 0.05) is 5.56 Å². The van der Waals surface area contributed by atoms with Gasteiger partial charge < -0.3 is 24.8 Å². The molecular weight excluding hydrogens is 276 g/mol. The molecule has 0 unspecified atom stereocenters. The molecule has 6 heteroatoms. The maximum Gasteiger partial charge on any atom is 0.348 e. The summed E-state index contributed by atoms with van der Waals surface area (Å²) in [6.45, 7) is 0. The van der Waals surface area contributed by atoms with Gasteiger partial charge in [0.2, 0.25) is 0 Å². The van der Waals surface area contributed by atoms with Crippen molar-refractivity contribution in [3.8, 4) is 34.1 Å². The Morgan fingerprint density at radius 3 is 2.29 bits per heavy atom. The lowest BCUT2D eigenvalue weighted by molar-refractivity contribution is 0.455. The van der Waals surface area contributed by atoms with Gasteiger partial charge in [0.1, 0.15) is 34.1 Å². The van der Waals surface area contributed by atoms with E-state index in [9.17, 15) is 25.2 Å². The minimum atomic E-state index is -0.869. The van der Waals surface area contributed by atoms with Crippen LogP contribution in [0.25, 0.3) is 22.1 Å². The minimum Gasteiger partial charge on any atom is -0.508 e. The highest BCUT2D eigenvalue weighted by Gasteiger charge is 2.19. The zero-order valence-electron chi connectivity index (χ0n) is 10.6. The van der Waals surface area contributed by atoms with Gasteiger partial charge in [0.25, 0.3) is 0 Å². The molecule has 0 bridgehead atoms. The summed E-state index contributed by atoms with van der Waals surface area (Å²) in [5.74, 6) is -1.04. The Morgan fingerprint density at radius 2 is 1.52 bits per heavy atom. The molecule has 106 valence electrons. The lowest BCUT2D eigenvalue weighted by Crippen LogP contribution is -2.03. The molecule has 2 aromatic carbocycles. The van der Waals surface area contributed by atoms with Gasteiger partial charge >= 0.3 is 5.63 Å². The average Bonchev–Trinajstić information content (AvgIpc) is 2.44. The van der Waals surface area contributed by atoms with Crippen LogP contribution in [0.1, 0.15) is 0 Å². The molecule has 1 aromatic heterocycles. The van der Waals surface area contributed by atoms with Crippen LogP contribution in [-0.4, -0.2) is 20.4 Å². The first-order valence-electron chi connectivity index (χ1n) is 5.98. The van der Waals surface area contributed by atoms with Crippen molar-refractivity contribution in [3.63, 3.8) is 0 Å². The molecule has 0 saturated heterocycles. The molecule has 0 spiro atoms. The van der Waals surface area contributed by atoms with Crippen LogP contribution < -0.4 is 5.63 Å². The number of hydrogen-bond acceptors (Lipinski definition) is 6. The summed E-state index contributed by atoms with van der Waals surface area (Å²) in [5.41, 5.74) is -1.13. The van der Waals surface area contributed by atoms with E-state index < -0.39 is 11.4 Å². The second-order valence-electron chi connectivity index (χ2n) is 4.50. The number of phenolic OH excluding ortho intramolecular Hbond substituents is 3. The number of benzene rings is 2. The molecule has 0 aliphatic carbocycles. The van der Waals surface area contributed by atoms with Crippen LogP contribution in [0, 0.1) is 0 Å². The Bertz CT molecular complexity index is 910. The van der Waals surface area contributed by atoms with Gasteiger partial charge in [-0.25, -0.2) is 4.79 Å². The van der Waals surface area contributed by atoms with Gasteiger partial charge in [-0.15, -0.1) is 0 Å². The number of hydrogen-bond donors (Lipinski definition) is 4. The predicted molar refractivity (Wildman–Crippen MR) is 74.6 cm³/mol. The van der Waals surface area contributed by atoms with Crippen LogP contribution in [-0.2, 0) is 0 Å². The van der Waals surface area contributed by atoms with Crippen molar-refractivity contribution < 1.29 is 24.8 Å². The fraction of sp³-hybridized carbons (Fsp3) is 0. The number of fused-ring (bicyclic) bond motifs is 1. The van der Waals surface area contributed by atoms with Crippen LogP contribution in [0.3, 0.4) is 0 Å². The number of phenols is 3. The molecule has 21 heavy (non-hydrogen) atoms. The molecule has 3 aromatic rings. The van der Waals surface area contributed by atoms with Crippen LogP contribution in [0.2, 0.25) is 0 Å². The van der Waals surface area contributed by atoms with Crippen LogP contribution in [0.4, 0.5) is 0 Å². The monoisotopic (exact) mass is 286 g/mol. The van der Waals surface area contributed by atoms with Gasteiger partial charge in [-0.05, 0) is 36.4 Å². The molecule has 0 fully saturated rings. The second kappa shape index (κ2) is 4.45.